The Morgan fingerprint density at radius 3 is 2.33 bits per heavy atom. The molecule has 0 saturated carbocycles. The minimum Gasteiger partial charge on any atom is -0.497 e. The molecule has 1 amide bonds. The Bertz CT molecular complexity index is 710. The average Bonchev–Trinajstić information content (AvgIpc) is 3.23. The van der Waals surface area contributed by atoms with E-state index in [1.807, 2.05) is 36.4 Å². The van der Waals surface area contributed by atoms with Crippen molar-refractivity contribution in [3.05, 3.63) is 48.5 Å². The monoisotopic (exact) mass is 369 g/mol. The van der Waals surface area contributed by atoms with Gasteiger partial charge in [-0.1, -0.05) is 0 Å². The van der Waals surface area contributed by atoms with Gasteiger partial charge in [0.25, 0.3) is 0 Å². The first-order chi connectivity index (χ1) is 13.2. The average molecular weight is 369 g/mol. The van der Waals surface area contributed by atoms with Gasteiger partial charge in [-0.2, -0.15) is 0 Å². The van der Waals surface area contributed by atoms with E-state index in [0.717, 1.165) is 30.3 Å². The smallest absolute Gasteiger partial charge is 0.238 e. The first-order valence-corrected chi connectivity index (χ1v) is 9.37. The zero-order valence-electron chi connectivity index (χ0n) is 15.7. The second-order valence-corrected chi connectivity index (χ2v) is 6.49. The number of nitrogens with zero attached hydrogens (tertiary/aromatic N) is 1. The number of benzene rings is 2. The van der Waals surface area contributed by atoms with Gasteiger partial charge in [0.05, 0.1) is 13.7 Å². The van der Waals surface area contributed by atoms with Gasteiger partial charge in [0, 0.05) is 31.0 Å². The molecule has 0 spiro atoms. The van der Waals surface area contributed by atoms with Crippen molar-refractivity contribution >= 4 is 17.3 Å². The predicted molar refractivity (Wildman–Crippen MR) is 108 cm³/mol. The van der Waals surface area contributed by atoms with Crippen LogP contribution in [0.3, 0.4) is 0 Å². The minimum atomic E-state index is -0.0617. The van der Waals surface area contributed by atoms with Crippen LogP contribution in [0.4, 0.5) is 11.4 Å². The maximum absolute atomic E-state index is 12.0. The summed E-state index contributed by atoms with van der Waals surface area (Å²) < 4.78 is 10.7. The lowest BCUT2D eigenvalue weighted by atomic mass is 10.2. The lowest BCUT2D eigenvalue weighted by molar-refractivity contribution is -0.115. The van der Waals surface area contributed by atoms with Crippen LogP contribution in [-0.2, 0) is 4.79 Å². The zero-order chi connectivity index (χ0) is 18.9. The Balaban J connectivity index is 1.32. The number of amides is 1. The molecule has 2 N–H and O–H groups in total. The van der Waals surface area contributed by atoms with Gasteiger partial charge in [-0.05, 0) is 61.4 Å². The van der Waals surface area contributed by atoms with E-state index in [1.165, 1.54) is 18.5 Å². The van der Waals surface area contributed by atoms with Gasteiger partial charge in [0.1, 0.15) is 18.1 Å². The van der Waals surface area contributed by atoms with Crippen LogP contribution in [0.2, 0.25) is 0 Å². The fourth-order valence-corrected chi connectivity index (χ4v) is 3.05. The minimum absolute atomic E-state index is 0.0617. The first-order valence-electron chi connectivity index (χ1n) is 9.37. The van der Waals surface area contributed by atoms with Crippen molar-refractivity contribution in [3.63, 3.8) is 0 Å². The van der Waals surface area contributed by atoms with E-state index < -0.39 is 0 Å². The standard InChI is InChI=1S/C21H27N3O3/c1-26-19-8-10-20(11-9-19)27-15-12-22-16-21(25)23-17-4-6-18(7-5-17)24-13-2-3-14-24/h4-11,22H,2-3,12-16H2,1H3,(H,23,25). The van der Waals surface area contributed by atoms with Crippen LogP contribution in [0.25, 0.3) is 0 Å². The summed E-state index contributed by atoms with van der Waals surface area (Å²) in [5.74, 6) is 1.51. The number of methoxy groups -OCH3 is 1. The van der Waals surface area contributed by atoms with Crippen LogP contribution in [-0.4, -0.2) is 45.8 Å². The van der Waals surface area contributed by atoms with Crippen molar-refractivity contribution in [2.24, 2.45) is 0 Å². The summed E-state index contributed by atoms with van der Waals surface area (Å²) in [6.45, 7) is 3.57. The molecule has 3 rings (SSSR count). The van der Waals surface area contributed by atoms with Gasteiger partial charge in [0.2, 0.25) is 5.91 Å². The molecule has 6 heteroatoms. The van der Waals surface area contributed by atoms with E-state index in [2.05, 4.69) is 27.7 Å². The molecule has 2 aromatic carbocycles. The molecule has 144 valence electrons. The van der Waals surface area contributed by atoms with Crippen molar-refractivity contribution in [3.8, 4) is 11.5 Å². The second-order valence-electron chi connectivity index (χ2n) is 6.49. The summed E-state index contributed by atoms with van der Waals surface area (Å²) in [6, 6.07) is 15.5. The number of nitrogens with one attached hydrogen (secondary N) is 2. The van der Waals surface area contributed by atoms with E-state index in [1.54, 1.807) is 7.11 Å². The van der Waals surface area contributed by atoms with Gasteiger partial charge < -0.3 is 25.0 Å². The lowest BCUT2D eigenvalue weighted by Crippen LogP contribution is -2.31. The molecule has 1 heterocycles. The largest absolute Gasteiger partial charge is 0.497 e. The summed E-state index contributed by atoms with van der Waals surface area (Å²) in [5.41, 5.74) is 2.04. The van der Waals surface area contributed by atoms with Gasteiger partial charge in [0.15, 0.2) is 0 Å². The van der Waals surface area contributed by atoms with Crippen LogP contribution in [0.5, 0.6) is 11.5 Å². The maximum atomic E-state index is 12.0. The Morgan fingerprint density at radius 2 is 1.67 bits per heavy atom. The number of carbonyl (C=O) groups excluding carboxylic acids is 1. The summed E-state index contributed by atoms with van der Waals surface area (Å²) >= 11 is 0. The van der Waals surface area contributed by atoms with E-state index >= 15 is 0 Å². The van der Waals surface area contributed by atoms with E-state index in [-0.39, 0.29) is 12.5 Å². The highest BCUT2D eigenvalue weighted by Crippen LogP contribution is 2.22. The molecule has 1 aliphatic rings. The molecule has 0 aliphatic carbocycles. The van der Waals surface area contributed by atoms with Crippen molar-refractivity contribution in [2.75, 3.05) is 50.1 Å². The molecular weight excluding hydrogens is 342 g/mol. The summed E-state index contributed by atoms with van der Waals surface area (Å²) in [6.07, 6.45) is 2.51. The highest BCUT2D eigenvalue weighted by molar-refractivity contribution is 5.92. The molecule has 0 aromatic heterocycles. The van der Waals surface area contributed by atoms with Crippen LogP contribution in [0.15, 0.2) is 48.5 Å². The molecule has 1 aliphatic heterocycles. The van der Waals surface area contributed by atoms with Gasteiger partial charge in [-0.25, -0.2) is 0 Å². The second kappa shape index (κ2) is 9.83. The van der Waals surface area contributed by atoms with E-state index in [4.69, 9.17) is 9.47 Å². The number of carbonyl (C=O) groups is 1. The topological polar surface area (TPSA) is 62.8 Å². The van der Waals surface area contributed by atoms with Crippen LogP contribution in [0, 0.1) is 0 Å². The Labute approximate surface area is 160 Å². The Kier molecular flexibility index (Phi) is 6.93. The molecule has 0 radical (unpaired) electrons. The molecular formula is C21H27N3O3. The third-order valence-corrected chi connectivity index (χ3v) is 4.51. The molecule has 2 aromatic rings. The number of hydrogen-bond donors (Lipinski definition) is 2. The lowest BCUT2D eigenvalue weighted by Gasteiger charge is -2.17. The van der Waals surface area contributed by atoms with Gasteiger partial charge in [-0.15, -0.1) is 0 Å². The summed E-state index contributed by atoms with van der Waals surface area (Å²) in [4.78, 5) is 14.4. The maximum Gasteiger partial charge on any atom is 0.238 e. The highest BCUT2D eigenvalue weighted by atomic mass is 16.5. The first kappa shape index (κ1) is 19.0. The summed E-state index contributed by atoms with van der Waals surface area (Å²) in [5, 5.41) is 5.99. The zero-order valence-corrected chi connectivity index (χ0v) is 15.7. The quantitative estimate of drug-likeness (QED) is 0.666. The van der Waals surface area contributed by atoms with E-state index in [9.17, 15) is 4.79 Å². The number of ether oxygens (including phenoxy) is 2. The third kappa shape index (κ3) is 5.89. The molecule has 1 saturated heterocycles. The summed E-state index contributed by atoms with van der Waals surface area (Å²) in [7, 11) is 1.63. The number of anilines is 2. The molecule has 1 fully saturated rings. The Morgan fingerprint density at radius 1 is 1.00 bits per heavy atom. The fourth-order valence-electron chi connectivity index (χ4n) is 3.05. The van der Waals surface area contributed by atoms with Gasteiger partial charge >= 0.3 is 0 Å². The van der Waals surface area contributed by atoms with Crippen molar-refractivity contribution < 1.29 is 14.3 Å². The van der Waals surface area contributed by atoms with Crippen LogP contribution < -0.4 is 25.0 Å². The van der Waals surface area contributed by atoms with Crippen molar-refractivity contribution in [1.82, 2.24) is 5.32 Å². The fraction of sp³-hybridized carbons (Fsp3) is 0.381. The molecule has 6 nitrogen and oxygen atoms in total. The Hall–Kier alpha value is -2.73. The SMILES string of the molecule is COc1ccc(OCCNCC(=O)Nc2ccc(N3CCCC3)cc2)cc1. The van der Waals surface area contributed by atoms with Crippen molar-refractivity contribution in [2.45, 2.75) is 12.8 Å². The predicted octanol–water partition coefficient (Wildman–Crippen LogP) is 2.90. The van der Waals surface area contributed by atoms with Crippen LogP contribution >= 0.6 is 0 Å². The third-order valence-electron chi connectivity index (χ3n) is 4.51. The van der Waals surface area contributed by atoms with Gasteiger partial charge in [-0.3, -0.25) is 4.79 Å². The molecule has 0 unspecified atom stereocenters. The molecule has 0 bridgehead atoms. The molecule has 27 heavy (non-hydrogen) atoms. The number of hydrogen-bond acceptors (Lipinski definition) is 5. The van der Waals surface area contributed by atoms with Crippen molar-refractivity contribution in [1.29, 1.82) is 0 Å². The highest BCUT2D eigenvalue weighted by Gasteiger charge is 2.12. The van der Waals surface area contributed by atoms with Crippen LogP contribution in [0.1, 0.15) is 12.8 Å². The number of rotatable bonds is 9. The van der Waals surface area contributed by atoms with E-state index in [0.29, 0.717) is 13.2 Å². The normalized spacial score (nSPS) is 13.4. The molecule has 0 atom stereocenters.